The Hall–Kier alpha value is -7.39. The zero-order chi connectivity index (χ0) is 57.4. The van der Waals surface area contributed by atoms with Crippen molar-refractivity contribution in [2.24, 2.45) is 10.8 Å². The van der Waals surface area contributed by atoms with Crippen molar-refractivity contribution in [2.45, 2.75) is 131 Å². The molecule has 2 aliphatic heterocycles. The molecule has 0 N–H and O–H groups in total. The fourth-order valence-electron chi connectivity index (χ4n) is 16.6. The standard InChI is InChI=1S/C76H76N2O2Si2/c1-71(2)53-39-35-47(41-55(53)73(5,6)75(71,9)10)77(45-27-19-17-20-28-45)57-43-62-65(68-63(57)49-31-23-25-33-59(49)80-68)52-38-37-51-64-61(81(13,14)69(51)70(52)82(62,15)16)44-58(67-66(64)50-32-24-26-34-60(50)79-67)78(46-29-21-18-22-30-46)48-36-40-54-56(42-48)74(7,8)76(11,12)72(54,3)4/h17-44H,1-16H3. The maximum atomic E-state index is 7.38. The molecule has 0 bridgehead atoms. The van der Waals surface area contributed by atoms with Crippen LogP contribution in [0.5, 0.6) is 0 Å². The third-order valence-electron chi connectivity index (χ3n) is 23.6. The second kappa shape index (κ2) is 16.2. The molecule has 4 aliphatic rings. The lowest BCUT2D eigenvalue weighted by Crippen LogP contribution is -2.63. The molecule has 2 aromatic heterocycles. The number of hydrogen-bond donors (Lipinski definition) is 0. The Morgan fingerprint density at radius 1 is 0.341 bits per heavy atom. The van der Waals surface area contributed by atoms with Gasteiger partial charge in [0.25, 0.3) is 0 Å². The minimum absolute atomic E-state index is 0.00403. The van der Waals surface area contributed by atoms with Gasteiger partial charge in [-0.2, -0.15) is 0 Å². The normalized spacial score (nSPS) is 19.0. The van der Waals surface area contributed by atoms with Crippen molar-refractivity contribution in [1.29, 1.82) is 0 Å². The van der Waals surface area contributed by atoms with Crippen LogP contribution in [-0.2, 0) is 21.7 Å². The van der Waals surface area contributed by atoms with Gasteiger partial charge in [0.2, 0.25) is 0 Å². The predicted octanol–water partition coefficient (Wildman–Crippen LogP) is 19.2. The summed E-state index contributed by atoms with van der Waals surface area (Å²) in [5.41, 5.74) is 21.6. The molecule has 4 heterocycles. The fraction of sp³-hybridized carbons (Fsp3) is 0.289. The quantitative estimate of drug-likeness (QED) is 0.155. The highest BCUT2D eigenvalue weighted by atomic mass is 28.3. The monoisotopic (exact) mass is 1100 g/mol. The molecule has 9 aromatic carbocycles. The van der Waals surface area contributed by atoms with E-state index in [0.717, 1.165) is 61.2 Å². The van der Waals surface area contributed by atoms with E-state index in [-0.39, 0.29) is 32.5 Å². The first-order valence-corrected chi connectivity index (χ1v) is 35.9. The number of hydrogen-bond acceptors (Lipinski definition) is 4. The summed E-state index contributed by atoms with van der Waals surface area (Å²) in [6.07, 6.45) is 0. The van der Waals surface area contributed by atoms with Crippen LogP contribution < -0.4 is 30.5 Å². The molecule has 0 unspecified atom stereocenters. The summed E-state index contributed by atoms with van der Waals surface area (Å²) >= 11 is 0. The Labute approximate surface area is 486 Å². The van der Waals surface area contributed by atoms with Crippen LogP contribution in [0.25, 0.3) is 66.1 Å². The summed E-state index contributed by atoms with van der Waals surface area (Å²) in [6, 6.07) is 64.4. The number of furan rings is 2. The Balaban J connectivity index is 0.975. The highest BCUT2D eigenvalue weighted by Crippen LogP contribution is 2.64. The topological polar surface area (TPSA) is 32.8 Å². The van der Waals surface area contributed by atoms with E-state index in [4.69, 9.17) is 8.83 Å². The molecule has 15 rings (SSSR count). The molecule has 0 radical (unpaired) electrons. The van der Waals surface area contributed by atoms with Crippen molar-refractivity contribution in [3.05, 3.63) is 192 Å². The van der Waals surface area contributed by atoms with Crippen molar-refractivity contribution < 1.29 is 8.83 Å². The molecule has 6 heteroatoms. The molecule has 4 nitrogen and oxygen atoms in total. The van der Waals surface area contributed by atoms with Gasteiger partial charge in [-0.1, -0.05) is 206 Å². The molecular formula is C76H76N2O2Si2. The van der Waals surface area contributed by atoms with Gasteiger partial charge < -0.3 is 18.6 Å². The second-order valence-electron chi connectivity index (χ2n) is 29.0. The molecule has 0 saturated carbocycles. The summed E-state index contributed by atoms with van der Waals surface area (Å²) in [6.45, 7) is 39.9. The summed E-state index contributed by atoms with van der Waals surface area (Å²) in [7, 11) is -5.13. The Bertz CT molecular complexity index is 4580. The van der Waals surface area contributed by atoms with Gasteiger partial charge >= 0.3 is 0 Å². The SMILES string of the molecule is CC1(C)c2ccc(N(c3ccccc3)c3cc4c(c5c3oc3ccccc35)-c3ccc5c(c3[Si]4(C)C)[Si](C)(C)c3cc(N(c4ccccc4)c4ccc6c(c4)C(C)(C)C(C)(C)C6(C)C)c4c(oc6ccccc64)c3-5)cc2C(C)(C)C1(C)C. The molecule has 82 heavy (non-hydrogen) atoms. The zero-order valence-electron chi connectivity index (χ0n) is 50.9. The average molecular weight is 1110 g/mol. The van der Waals surface area contributed by atoms with Crippen molar-refractivity contribution >= 4 is 115 Å². The van der Waals surface area contributed by atoms with Crippen LogP contribution in [0, 0.1) is 10.8 Å². The van der Waals surface area contributed by atoms with Gasteiger partial charge in [-0.15, -0.1) is 0 Å². The van der Waals surface area contributed by atoms with Crippen LogP contribution in [0.1, 0.15) is 105 Å². The minimum Gasteiger partial charge on any atom is -0.455 e. The highest BCUT2D eigenvalue weighted by Gasteiger charge is 2.59. The van der Waals surface area contributed by atoms with Gasteiger partial charge in [-0.3, -0.25) is 0 Å². The van der Waals surface area contributed by atoms with Gasteiger partial charge in [-0.05, 0) is 165 Å². The molecule has 0 fully saturated rings. The Kier molecular flexibility index (Phi) is 10.2. The van der Waals surface area contributed by atoms with Gasteiger partial charge in [0.05, 0.1) is 16.8 Å². The number of fused-ring (bicyclic) bond motifs is 17. The second-order valence-corrected chi connectivity index (χ2v) is 37.5. The smallest absolute Gasteiger partial charge is 0.160 e. The lowest BCUT2D eigenvalue weighted by atomic mass is 9.59. The van der Waals surface area contributed by atoms with E-state index in [1.165, 1.54) is 71.6 Å². The first-order chi connectivity index (χ1) is 38.8. The third kappa shape index (κ3) is 6.17. The third-order valence-corrected chi connectivity index (χ3v) is 30.8. The van der Waals surface area contributed by atoms with E-state index in [9.17, 15) is 0 Å². The molecule has 410 valence electrons. The van der Waals surface area contributed by atoms with Crippen LogP contribution in [0.3, 0.4) is 0 Å². The van der Waals surface area contributed by atoms with Crippen molar-refractivity contribution in [3.8, 4) is 22.3 Å². The molecule has 0 spiro atoms. The minimum atomic E-state index is -2.57. The zero-order valence-corrected chi connectivity index (χ0v) is 52.9. The van der Waals surface area contributed by atoms with Crippen molar-refractivity contribution in [2.75, 3.05) is 9.80 Å². The Morgan fingerprint density at radius 2 is 0.732 bits per heavy atom. The van der Waals surface area contributed by atoms with Crippen LogP contribution in [0.15, 0.2) is 179 Å². The maximum Gasteiger partial charge on any atom is 0.160 e. The van der Waals surface area contributed by atoms with E-state index >= 15 is 0 Å². The number of anilines is 6. The van der Waals surface area contributed by atoms with Crippen LogP contribution in [0.4, 0.5) is 34.1 Å². The molecule has 0 amide bonds. The summed E-state index contributed by atoms with van der Waals surface area (Å²) in [4.78, 5) is 5.06. The average Bonchev–Trinajstić information content (AvgIpc) is 1.71. The number of benzene rings is 9. The molecule has 2 aliphatic carbocycles. The van der Waals surface area contributed by atoms with Crippen LogP contribution >= 0.6 is 0 Å². The molecule has 0 saturated heterocycles. The van der Waals surface area contributed by atoms with E-state index in [1.807, 2.05) is 0 Å². The van der Waals surface area contributed by atoms with Crippen LogP contribution in [-0.4, -0.2) is 16.1 Å². The van der Waals surface area contributed by atoms with E-state index < -0.39 is 16.1 Å². The summed E-state index contributed by atoms with van der Waals surface area (Å²) in [5, 5.41) is 10.7. The number of nitrogens with zero attached hydrogens (tertiary/aromatic N) is 2. The van der Waals surface area contributed by atoms with Crippen LogP contribution in [0.2, 0.25) is 26.2 Å². The summed E-state index contributed by atoms with van der Waals surface area (Å²) in [5.74, 6) is 0. The van der Waals surface area contributed by atoms with Gasteiger partial charge in [0.15, 0.2) is 5.58 Å². The lowest BCUT2D eigenvalue weighted by Gasteiger charge is -2.44. The molecule has 11 aromatic rings. The first-order valence-electron chi connectivity index (χ1n) is 29.9. The van der Waals surface area contributed by atoms with Gasteiger partial charge in [-0.25, -0.2) is 0 Å². The number of rotatable bonds is 6. The van der Waals surface area contributed by atoms with E-state index in [2.05, 4.69) is 289 Å². The first kappa shape index (κ1) is 51.5. The van der Waals surface area contributed by atoms with E-state index in [0.29, 0.717) is 0 Å². The number of para-hydroxylation sites is 4. The van der Waals surface area contributed by atoms with Gasteiger partial charge in [0.1, 0.15) is 32.9 Å². The van der Waals surface area contributed by atoms with E-state index in [1.54, 1.807) is 10.4 Å². The predicted molar refractivity (Wildman–Crippen MR) is 354 cm³/mol. The van der Waals surface area contributed by atoms with Crippen molar-refractivity contribution in [3.63, 3.8) is 0 Å². The van der Waals surface area contributed by atoms with Gasteiger partial charge in [0, 0.05) is 44.5 Å². The van der Waals surface area contributed by atoms with Crippen molar-refractivity contribution in [1.82, 2.24) is 0 Å². The maximum absolute atomic E-state index is 7.38. The largest absolute Gasteiger partial charge is 0.455 e. The Morgan fingerprint density at radius 3 is 1.23 bits per heavy atom. The molecule has 0 atom stereocenters. The summed E-state index contributed by atoms with van der Waals surface area (Å²) < 4.78 is 14.7. The lowest BCUT2D eigenvalue weighted by molar-refractivity contribution is 0.125. The highest BCUT2D eigenvalue weighted by molar-refractivity contribution is 7.13. The molecular weight excluding hydrogens is 1030 g/mol. The fourth-order valence-corrected chi connectivity index (χ4v) is 25.1.